The van der Waals surface area contributed by atoms with E-state index in [0.717, 1.165) is 19.8 Å². The molecule has 0 fully saturated rings. The lowest BCUT2D eigenvalue weighted by Crippen LogP contribution is -2.24. The summed E-state index contributed by atoms with van der Waals surface area (Å²) in [4.78, 5) is 1.32. The molecule has 0 aromatic carbocycles. The zero-order chi connectivity index (χ0) is 10.4. The Balaban J connectivity index is 2.62. The molecule has 0 saturated heterocycles. The molecule has 0 radical (unpaired) electrons. The van der Waals surface area contributed by atoms with E-state index in [1.54, 1.807) is 11.3 Å². The van der Waals surface area contributed by atoms with Crippen LogP contribution < -0.4 is 5.32 Å². The van der Waals surface area contributed by atoms with Crippen LogP contribution in [0.25, 0.3) is 0 Å². The van der Waals surface area contributed by atoms with Gasteiger partial charge in [-0.1, -0.05) is 6.92 Å². The van der Waals surface area contributed by atoms with Gasteiger partial charge in [-0.3, -0.25) is 0 Å². The van der Waals surface area contributed by atoms with Crippen molar-refractivity contribution in [3.63, 3.8) is 0 Å². The van der Waals surface area contributed by atoms with Crippen LogP contribution in [0.5, 0.6) is 0 Å². The summed E-state index contributed by atoms with van der Waals surface area (Å²) in [6, 6.07) is 2.39. The highest BCUT2D eigenvalue weighted by Crippen LogP contribution is 2.29. The van der Waals surface area contributed by atoms with E-state index in [-0.39, 0.29) is 0 Å². The van der Waals surface area contributed by atoms with Gasteiger partial charge in [0.1, 0.15) is 0 Å². The molecule has 0 saturated carbocycles. The Bertz CT molecular complexity index is 264. The molecule has 2 nitrogen and oxygen atoms in total. The van der Waals surface area contributed by atoms with Gasteiger partial charge in [0.15, 0.2) is 0 Å². The van der Waals surface area contributed by atoms with Gasteiger partial charge >= 0.3 is 0 Å². The van der Waals surface area contributed by atoms with Gasteiger partial charge in [0.2, 0.25) is 0 Å². The van der Waals surface area contributed by atoms with Crippen LogP contribution in [-0.2, 0) is 4.74 Å². The molecule has 0 amide bonds. The second kappa shape index (κ2) is 6.56. The molecule has 0 aliphatic carbocycles. The third-order valence-corrected chi connectivity index (χ3v) is 3.88. The maximum Gasteiger partial charge on any atom is 0.0669 e. The van der Waals surface area contributed by atoms with Crippen LogP contribution in [0.1, 0.15) is 24.8 Å². The van der Waals surface area contributed by atoms with Gasteiger partial charge in [-0.05, 0) is 40.8 Å². The topological polar surface area (TPSA) is 21.3 Å². The van der Waals surface area contributed by atoms with E-state index < -0.39 is 0 Å². The van der Waals surface area contributed by atoms with Crippen molar-refractivity contribution in [2.75, 3.05) is 19.8 Å². The van der Waals surface area contributed by atoms with Crippen molar-refractivity contribution in [1.82, 2.24) is 5.32 Å². The first kappa shape index (κ1) is 12.2. The van der Waals surface area contributed by atoms with E-state index in [9.17, 15) is 0 Å². The fourth-order valence-electron chi connectivity index (χ4n) is 1.26. The minimum Gasteiger partial charge on any atom is -0.380 e. The molecule has 0 aliphatic rings. The van der Waals surface area contributed by atoms with Gasteiger partial charge in [0.05, 0.1) is 12.6 Å². The second-order valence-electron chi connectivity index (χ2n) is 2.90. The zero-order valence-electron chi connectivity index (χ0n) is 8.55. The van der Waals surface area contributed by atoms with Gasteiger partial charge in [-0.15, -0.1) is 11.3 Å². The lowest BCUT2D eigenvalue weighted by molar-refractivity contribution is 0.124. The summed E-state index contributed by atoms with van der Waals surface area (Å²) in [6.45, 7) is 6.60. The standard InChI is InChI=1S/C10H16BrNOS/c1-3-12-9(7-13-4-2)10-8(11)5-6-14-10/h5-6,9,12H,3-4,7H2,1-2H3. The molecule has 1 heterocycles. The highest BCUT2D eigenvalue weighted by Gasteiger charge is 2.14. The second-order valence-corrected chi connectivity index (χ2v) is 4.70. The van der Waals surface area contributed by atoms with Crippen molar-refractivity contribution < 1.29 is 4.74 Å². The smallest absolute Gasteiger partial charge is 0.0669 e. The first-order chi connectivity index (χ1) is 6.79. The Morgan fingerprint density at radius 3 is 2.86 bits per heavy atom. The molecular weight excluding hydrogens is 262 g/mol. The van der Waals surface area contributed by atoms with Crippen LogP contribution in [0.15, 0.2) is 15.9 Å². The fraction of sp³-hybridized carbons (Fsp3) is 0.600. The van der Waals surface area contributed by atoms with E-state index in [0.29, 0.717) is 6.04 Å². The predicted molar refractivity (Wildman–Crippen MR) is 64.9 cm³/mol. The molecule has 14 heavy (non-hydrogen) atoms. The molecule has 1 rings (SSSR count). The molecule has 0 bridgehead atoms. The van der Waals surface area contributed by atoms with Crippen LogP contribution in [0.4, 0.5) is 0 Å². The summed E-state index contributed by atoms with van der Waals surface area (Å²) in [7, 11) is 0. The summed E-state index contributed by atoms with van der Waals surface area (Å²) in [5.41, 5.74) is 0. The molecule has 80 valence electrons. The lowest BCUT2D eigenvalue weighted by Gasteiger charge is -2.16. The van der Waals surface area contributed by atoms with E-state index >= 15 is 0 Å². The SMILES string of the molecule is CCNC(COCC)c1sccc1Br. The highest BCUT2D eigenvalue weighted by molar-refractivity contribution is 9.10. The minimum absolute atomic E-state index is 0.314. The number of halogens is 1. The summed E-state index contributed by atoms with van der Waals surface area (Å²) < 4.78 is 6.62. The fourth-order valence-corrected chi connectivity index (χ4v) is 2.97. The maximum absolute atomic E-state index is 5.45. The van der Waals surface area contributed by atoms with Crippen LogP contribution in [0.3, 0.4) is 0 Å². The molecule has 1 unspecified atom stereocenters. The molecule has 1 atom stereocenters. The molecule has 0 spiro atoms. The Kier molecular flexibility index (Phi) is 5.70. The van der Waals surface area contributed by atoms with Crippen molar-refractivity contribution in [1.29, 1.82) is 0 Å². The molecular formula is C10H16BrNOS. The van der Waals surface area contributed by atoms with Crippen LogP contribution in [-0.4, -0.2) is 19.8 Å². The van der Waals surface area contributed by atoms with Gasteiger partial charge < -0.3 is 10.1 Å². The van der Waals surface area contributed by atoms with Crippen molar-refractivity contribution in [2.45, 2.75) is 19.9 Å². The third kappa shape index (κ3) is 3.35. The average Bonchev–Trinajstić information content (AvgIpc) is 2.59. The van der Waals surface area contributed by atoms with Crippen LogP contribution >= 0.6 is 27.3 Å². The van der Waals surface area contributed by atoms with E-state index in [1.807, 2.05) is 6.92 Å². The molecule has 1 aromatic rings. The summed E-state index contributed by atoms with van der Waals surface area (Å²) in [5.74, 6) is 0. The van der Waals surface area contributed by atoms with Gasteiger partial charge in [0.25, 0.3) is 0 Å². The normalized spacial score (nSPS) is 13.1. The first-order valence-corrected chi connectivity index (χ1v) is 6.50. The number of hydrogen-bond acceptors (Lipinski definition) is 3. The minimum atomic E-state index is 0.314. The van der Waals surface area contributed by atoms with Crippen molar-refractivity contribution in [3.05, 3.63) is 20.8 Å². The summed E-state index contributed by atoms with van der Waals surface area (Å²) in [5, 5.41) is 5.51. The quantitative estimate of drug-likeness (QED) is 0.862. The number of likely N-dealkylation sites (N-methyl/N-ethyl adjacent to an activating group) is 1. The Morgan fingerprint density at radius 2 is 2.36 bits per heavy atom. The van der Waals surface area contributed by atoms with Crippen molar-refractivity contribution >= 4 is 27.3 Å². The number of hydrogen-bond donors (Lipinski definition) is 1. The number of ether oxygens (including phenoxy) is 1. The molecule has 4 heteroatoms. The van der Waals surface area contributed by atoms with E-state index in [2.05, 4.69) is 39.6 Å². The summed E-state index contributed by atoms with van der Waals surface area (Å²) in [6.07, 6.45) is 0. The first-order valence-electron chi connectivity index (χ1n) is 4.83. The monoisotopic (exact) mass is 277 g/mol. The van der Waals surface area contributed by atoms with E-state index in [1.165, 1.54) is 9.35 Å². The number of rotatable bonds is 6. The van der Waals surface area contributed by atoms with Crippen molar-refractivity contribution in [2.24, 2.45) is 0 Å². The van der Waals surface area contributed by atoms with Gasteiger partial charge in [0, 0.05) is 16.0 Å². The van der Waals surface area contributed by atoms with Crippen LogP contribution in [0.2, 0.25) is 0 Å². The third-order valence-electron chi connectivity index (χ3n) is 1.90. The number of thiophene rings is 1. The van der Waals surface area contributed by atoms with Gasteiger partial charge in [-0.25, -0.2) is 0 Å². The average molecular weight is 278 g/mol. The Hall–Kier alpha value is 0.100. The molecule has 1 aromatic heterocycles. The van der Waals surface area contributed by atoms with E-state index in [4.69, 9.17) is 4.74 Å². The molecule has 1 N–H and O–H groups in total. The lowest BCUT2D eigenvalue weighted by atomic mass is 10.2. The highest BCUT2D eigenvalue weighted by atomic mass is 79.9. The van der Waals surface area contributed by atoms with Gasteiger partial charge in [-0.2, -0.15) is 0 Å². The zero-order valence-corrected chi connectivity index (χ0v) is 11.0. The Morgan fingerprint density at radius 1 is 1.57 bits per heavy atom. The molecule has 0 aliphatic heterocycles. The van der Waals surface area contributed by atoms with Crippen molar-refractivity contribution in [3.8, 4) is 0 Å². The predicted octanol–water partition coefficient (Wildman–Crippen LogP) is 3.20. The Labute approximate surface area is 97.8 Å². The maximum atomic E-state index is 5.45. The largest absolute Gasteiger partial charge is 0.380 e. The number of nitrogens with one attached hydrogen (secondary N) is 1. The van der Waals surface area contributed by atoms with Crippen LogP contribution in [0, 0.1) is 0 Å². The summed E-state index contributed by atoms with van der Waals surface area (Å²) >= 11 is 5.30.